The van der Waals surface area contributed by atoms with Crippen LogP contribution in [0.3, 0.4) is 0 Å². The SMILES string of the molecule is NC(=O)c1nc(-c2ccccc2)n(-c2cccc(Cl)c2F)c1-c1ccc(F)c(Cl)c1. The standard InChI is InChI=1S/C22H13Cl2F2N3O/c23-14-7-4-8-17(18(14)26)29-20(13-9-10-16(25)15(24)11-13)19(21(27)30)28-22(29)12-5-2-1-3-6-12/h1-11H,(H2,27,30). The van der Waals surface area contributed by atoms with Gasteiger partial charge in [-0.3, -0.25) is 9.36 Å². The van der Waals surface area contributed by atoms with Crippen LogP contribution in [-0.4, -0.2) is 15.5 Å². The molecule has 0 spiro atoms. The average molecular weight is 444 g/mol. The summed E-state index contributed by atoms with van der Waals surface area (Å²) in [7, 11) is 0. The summed E-state index contributed by atoms with van der Waals surface area (Å²) in [5.74, 6) is -1.91. The van der Waals surface area contributed by atoms with E-state index in [2.05, 4.69) is 4.98 Å². The molecule has 0 unspecified atom stereocenters. The highest BCUT2D eigenvalue weighted by Crippen LogP contribution is 2.36. The maximum Gasteiger partial charge on any atom is 0.269 e. The molecule has 4 nitrogen and oxygen atoms in total. The zero-order chi connectivity index (χ0) is 21.4. The summed E-state index contributed by atoms with van der Waals surface area (Å²) in [6.45, 7) is 0. The molecule has 0 bridgehead atoms. The highest BCUT2D eigenvalue weighted by atomic mass is 35.5. The first-order chi connectivity index (χ1) is 14.4. The van der Waals surface area contributed by atoms with Gasteiger partial charge in [-0.2, -0.15) is 0 Å². The molecule has 0 radical (unpaired) electrons. The lowest BCUT2D eigenvalue weighted by molar-refractivity contribution is 0.0996. The monoisotopic (exact) mass is 443 g/mol. The molecule has 0 saturated heterocycles. The number of rotatable bonds is 4. The first kappa shape index (κ1) is 20.1. The predicted octanol–water partition coefficient (Wildman–Crippen LogP) is 5.89. The van der Waals surface area contributed by atoms with Crippen molar-refractivity contribution in [1.29, 1.82) is 0 Å². The van der Waals surface area contributed by atoms with Gasteiger partial charge in [0.1, 0.15) is 11.6 Å². The fourth-order valence-corrected chi connectivity index (χ4v) is 3.53. The summed E-state index contributed by atoms with van der Waals surface area (Å²) < 4.78 is 30.2. The summed E-state index contributed by atoms with van der Waals surface area (Å²) >= 11 is 12.0. The number of benzene rings is 3. The molecule has 0 fully saturated rings. The van der Waals surface area contributed by atoms with Gasteiger partial charge >= 0.3 is 0 Å². The van der Waals surface area contributed by atoms with Crippen molar-refractivity contribution in [2.75, 3.05) is 0 Å². The number of nitrogens with zero attached hydrogens (tertiary/aromatic N) is 2. The van der Waals surface area contributed by atoms with Gasteiger partial charge < -0.3 is 5.73 Å². The average Bonchev–Trinajstić information content (AvgIpc) is 3.13. The molecule has 0 aliphatic heterocycles. The van der Waals surface area contributed by atoms with E-state index in [0.29, 0.717) is 11.1 Å². The van der Waals surface area contributed by atoms with Crippen LogP contribution in [0.2, 0.25) is 10.0 Å². The fraction of sp³-hybridized carbons (Fsp3) is 0. The molecule has 3 aromatic carbocycles. The zero-order valence-corrected chi connectivity index (χ0v) is 16.8. The van der Waals surface area contributed by atoms with E-state index in [4.69, 9.17) is 28.9 Å². The van der Waals surface area contributed by atoms with Crippen LogP contribution in [0.25, 0.3) is 28.3 Å². The van der Waals surface area contributed by atoms with Crippen molar-refractivity contribution in [3.63, 3.8) is 0 Å². The maximum absolute atomic E-state index is 15.0. The maximum atomic E-state index is 15.0. The zero-order valence-electron chi connectivity index (χ0n) is 15.2. The highest BCUT2D eigenvalue weighted by Gasteiger charge is 2.26. The molecule has 1 aromatic heterocycles. The Labute approximate surface area is 180 Å². The van der Waals surface area contributed by atoms with Gasteiger partial charge in [0.05, 0.1) is 21.4 Å². The number of carbonyl (C=O) groups excluding carboxylic acids is 1. The molecule has 2 N–H and O–H groups in total. The third kappa shape index (κ3) is 3.44. The Hall–Kier alpha value is -3.22. The Kier molecular flexibility index (Phi) is 5.28. The van der Waals surface area contributed by atoms with Crippen molar-refractivity contribution in [3.8, 4) is 28.3 Å². The second-order valence-corrected chi connectivity index (χ2v) is 7.21. The van der Waals surface area contributed by atoms with Gasteiger partial charge in [-0.1, -0.05) is 59.6 Å². The van der Waals surface area contributed by atoms with Gasteiger partial charge in [0.25, 0.3) is 5.91 Å². The number of nitrogens with two attached hydrogens (primary N) is 1. The quantitative estimate of drug-likeness (QED) is 0.427. The van der Waals surface area contributed by atoms with E-state index < -0.39 is 17.5 Å². The Morgan fingerprint density at radius 1 is 0.900 bits per heavy atom. The fourth-order valence-electron chi connectivity index (χ4n) is 3.18. The van der Waals surface area contributed by atoms with Crippen molar-refractivity contribution in [2.45, 2.75) is 0 Å². The third-order valence-electron chi connectivity index (χ3n) is 4.51. The van der Waals surface area contributed by atoms with E-state index in [1.807, 2.05) is 6.07 Å². The molecule has 1 amide bonds. The van der Waals surface area contributed by atoms with Crippen LogP contribution in [0.5, 0.6) is 0 Å². The van der Waals surface area contributed by atoms with Crippen LogP contribution in [0.4, 0.5) is 8.78 Å². The molecular weight excluding hydrogens is 431 g/mol. The number of imidazole rings is 1. The lowest BCUT2D eigenvalue weighted by Crippen LogP contribution is -2.13. The van der Waals surface area contributed by atoms with Crippen LogP contribution >= 0.6 is 23.2 Å². The summed E-state index contributed by atoms with van der Waals surface area (Å²) in [6.07, 6.45) is 0. The number of hydrogen-bond acceptors (Lipinski definition) is 2. The topological polar surface area (TPSA) is 60.9 Å². The van der Waals surface area contributed by atoms with Crippen molar-refractivity contribution < 1.29 is 13.6 Å². The Morgan fingerprint density at radius 3 is 2.30 bits per heavy atom. The molecule has 4 rings (SSSR count). The van der Waals surface area contributed by atoms with Crippen LogP contribution in [0, 0.1) is 11.6 Å². The van der Waals surface area contributed by atoms with Crippen molar-refractivity contribution in [2.24, 2.45) is 5.73 Å². The highest BCUT2D eigenvalue weighted by molar-refractivity contribution is 6.31. The molecule has 0 atom stereocenters. The van der Waals surface area contributed by atoms with E-state index >= 15 is 4.39 Å². The van der Waals surface area contributed by atoms with Gasteiger partial charge in [0, 0.05) is 11.1 Å². The Bertz CT molecular complexity index is 1270. The summed E-state index contributed by atoms with van der Waals surface area (Å²) in [5, 5.41) is -0.271. The smallest absolute Gasteiger partial charge is 0.269 e. The summed E-state index contributed by atoms with van der Waals surface area (Å²) in [4.78, 5) is 16.6. The van der Waals surface area contributed by atoms with Gasteiger partial charge in [-0.25, -0.2) is 13.8 Å². The summed E-state index contributed by atoms with van der Waals surface area (Å²) in [5.41, 5.74) is 6.64. The molecule has 0 saturated carbocycles. The number of amides is 1. The minimum Gasteiger partial charge on any atom is -0.364 e. The lowest BCUT2D eigenvalue weighted by atomic mass is 10.1. The van der Waals surface area contributed by atoms with Gasteiger partial charge in [0.2, 0.25) is 0 Å². The first-order valence-corrected chi connectivity index (χ1v) is 9.52. The van der Waals surface area contributed by atoms with E-state index in [-0.39, 0.29) is 32.9 Å². The molecule has 8 heteroatoms. The number of aromatic nitrogens is 2. The van der Waals surface area contributed by atoms with Gasteiger partial charge in [0.15, 0.2) is 11.5 Å². The second kappa shape index (κ2) is 7.89. The van der Waals surface area contributed by atoms with Crippen LogP contribution in [0.1, 0.15) is 10.5 Å². The number of primary amides is 1. The van der Waals surface area contributed by atoms with Crippen LogP contribution in [-0.2, 0) is 0 Å². The molecule has 1 heterocycles. The van der Waals surface area contributed by atoms with Crippen LogP contribution in [0.15, 0.2) is 66.7 Å². The molecule has 4 aromatic rings. The minimum atomic E-state index is -0.830. The second-order valence-electron chi connectivity index (χ2n) is 6.40. The molecule has 0 aliphatic rings. The predicted molar refractivity (Wildman–Crippen MR) is 113 cm³/mol. The molecule has 150 valence electrons. The van der Waals surface area contributed by atoms with E-state index in [0.717, 1.165) is 6.07 Å². The summed E-state index contributed by atoms with van der Waals surface area (Å²) in [6, 6.07) is 17.2. The van der Waals surface area contributed by atoms with Crippen molar-refractivity contribution >= 4 is 29.1 Å². The van der Waals surface area contributed by atoms with Gasteiger partial charge in [-0.05, 0) is 30.3 Å². The van der Waals surface area contributed by atoms with E-state index in [1.165, 1.54) is 28.8 Å². The van der Waals surface area contributed by atoms with Gasteiger partial charge in [-0.15, -0.1) is 0 Å². The lowest BCUT2D eigenvalue weighted by Gasteiger charge is -2.15. The normalized spacial score (nSPS) is 10.9. The van der Waals surface area contributed by atoms with Crippen LogP contribution < -0.4 is 5.73 Å². The number of halogens is 4. The molecule has 30 heavy (non-hydrogen) atoms. The van der Waals surface area contributed by atoms with E-state index in [1.54, 1.807) is 30.3 Å². The third-order valence-corrected chi connectivity index (χ3v) is 5.09. The van der Waals surface area contributed by atoms with E-state index in [9.17, 15) is 9.18 Å². The Balaban J connectivity index is 2.15. The van der Waals surface area contributed by atoms with Crippen molar-refractivity contribution in [1.82, 2.24) is 9.55 Å². The molecular formula is C22H13Cl2F2N3O. The number of hydrogen-bond donors (Lipinski definition) is 1. The van der Waals surface area contributed by atoms with Crippen molar-refractivity contribution in [3.05, 3.63) is 94.1 Å². The minimum absolute atomic E-state index is 0.0526. The first-order valence-electron chi connectivity index (χ1n) is 8.76. The largest absolute Gasteiger partial charge is 0.364 e. The Morgan fingerprint density at radius 2 is 1.63 bits per heavy atom. The molecule has 0 aliphatic carbocycles. The number of carbonyl (C=O) groups is 1.